The Morgan fingerprint density at radius 3 is 2.38 bits per heavy atom. The summed E-state index contributed by atoms with van der Waals surface area (Å²) < 4.78 is 25.8. The number of carbonyl (C=O) groups is 1. The van der Waals surface area contributed by atoms with Crippen molar-refractivity contribution in [2.75, 3.05) is 11.4 Å². The van der Waals surface area contributed by atoms with Crippen molar-refractivity contribution < 1.29 is 18.2 Å². The van der Waals surface area contributed by atoms with Crippen molar-refractivity contribution in [2.45, 2.75) is 113 Å². The number of halogens is 1. The standard InChI is InChI=1S/C33H38FN5O3/c34-33-17-31(18-33,19-33)16-26(40)39(24-3-1-2-23(15-24)28-36-27(38-41-28)22-6-7-22)20-30-8-11-32(12-9-30,13-10-30)29-35-25(37-42-29)14-21-4-5-21/h1-3,15,21-22H,4-14,16-20H2. The molecule has 0 atom stereocenters. The van der Waals surface area contributed by atoms with Crippen LogP contribution in [0, 0.1) is 16.7 Å². The Kier molecular flexibility index (Phi) is 5.28. The van der Waals surface area contributed by atoms with Gasteiger partial charge in [0.2, 0.25) is 11.8 Å². The summed E-state index contributed by atoms with van der Waals surface area (Å²) in [6.07, 6.45) is 13.9. The van der Waals surface area contributed by atoms with Crippen LogP contribution in [0.4, 0.5) is 10.1 Å². The van der Waals surface area contributed by atoms with Gasteiger partial charge in [0.25, 0.3) is 5.89 Å². The zero-order valence-electron chi connectivity index (χ0n) is 24.1. The lowest BCUT2D eigenvalue weighted by Gasteiger charge is -2.66. The molecule has 1 aromatic carbocycles. The number of nitrogens with zero attached hydrogens (tertiary/aromatic N) is 5. The highest BCUT2D eigenvalue weighted by Crippen LogP contribution is 2.71. The van der Waals surface area contributed by atoms with E-state index in [4.69, 9.17) is 14.0 Å². The lowest BCUT2D eigenvalue weighted by Crippen LogP contribution is -2.65. The maximum Gasteiger partial charge on any atom is 0.258 e. The molecule has 8 nitrogen and oxygen atoms in total. The minimum Gasteiger partial charge on any atom is -0.339 e. The molecule has 9 heteroatoms. The average molecular weight is 572 g/mol. The third-order valence-electron chi connectivity index (χ3n) is 11.7. The minimum absolute atomic E-state index is 0.0240. The Morgan fingerprint density at radius 1 is 0.929 bits per heavy atom. The van der Waals surface area contributed by atoms with Gasteiger partial charge in [-0.05, 0) is 118 Å². The van der Waals surface area contributed by atoms with Gasteiger partial charge in [-0.1, -0.05) is 16.4 Å². The molecule has 8 fully saturated rings. The quantitative estimate of drug-likeness (QED) is 0.262. The molecule has 1 amide bonds. The molecular weight excluding hydrogens is 533 g/mol. The number of aromatic nitrogens is 4. The first-order valence-electron chi connectivity index (χ1n) is 16.1. The summed E-state index contributed by atoms with van der Waals surface area (Å²) in [5.41, 5.74) is 0.571. The highest BCUT2D eigenvalue weighted by Gasteiger charge is 2.69. The molecule has 8 aliphatic rings. The summed E-state index contributed by atoms with van der Waals surface area (Å²) in [6, 6.07) is 7.99. The van der Waals surface area contributed by atoms with Crippen LogP contribution in [0.15, 0.2) is 33.3 Å². The molecule has 8 aliphatic carbocycles. The Balaban J connectivity index is 0.964. The molecule has 3 aromatic rings. The van der Waals surface area contributed by atoms with Crippen LogP contribution < -0.4 is 4.90 Å². The van der Waals surface area contributed by atoms with Gasteiger partial charge in [0.15, 0.2) is 11.6 Å². The number of alkyl halides is 1. The van der Waals surface area contributed by atoms with E-state index in [-0.39, 0.29) is 22.2 Å². The number of hydrogen-bond donors (Lipinski definition) is 0. The largest absolute Gasteiger partial charge is 0.339 e. The van der Waals surface area contributed by atoms with Crippen molar-refractivity contribution in [1.29, 1.82) is 0 Å². The number of rotatable bonds is 10. The molecular formula is C33H38FN5O3. The van der Waals surface area contributed by atoms with Gasteiger partial charge >= 0.3 is 0 Å². The van der Waals surface area contributed by atoms with Crippen LogP contribution in [-0.4, -0.2) is 38.4 Å². The zero-order chi connectivity index (χ0) is 28.2. The topological polar surface area (TPSA) is 98.2 Å². The lowest BCUT2D eigenvalue weighted by atomic mass is 9.41. The minimum atomic E-state index is -1.01. The maximum absolute atomic E-state index is 14.4. The third-order valence-corrected chi connectivity index (χ3v) is 11.7. The van der Waals surface area contributed by atoms with Crippen LogP contribution in [0.5, 0.6) is 0 Å². The van der Waals surface area contributed by atoms with Crippen LogP contribution in [0.3, 0.4) is 0 Å². The Bertz CT molecular complexity index is 1510. The van der Waals surface area contributed by atoms with Crippen molar-refractivity contribution in [3.8, 4) is 11.5 Å². The van der Waals surface area contributed by atoms with Gasteiger partial charge in [-0.2, -0.15) is 9.97 Å². The summed E-state index contributed by atoms with van der Waals surface area (Å²) in [7, 11) is 0. The van der Waals surface area contributed by atoms with Gasteiger partial charge in [0.1, 0.15) is 5.67 Å². The molecule has 11 rings (SSSR count). The first-order valence-corrected chi connectivity index (χ1v) is 16.1. The third kappa shape index (κ3) is 4.24. The van der Waals surface area contributed by atoms with Gasteiger partial charge in [-0.25, -0.2) is 4.39 Å². The summed E-state index contributed by atoms with van der Waals surface area (Å²) in [6.45, 7) is 0.677. The van der Waals surface area contributed by atoms with E-state index in [0.29, 0.717) is 44.0 Å². The lowest BCUT2D eigenvalue weighted by molar-refractivity contribution is -0.215. The molecule has 220 valence electrons. The summed E-state index contributed by atoms with van der Waals surface area (Å²) >= 11 is 0. The first kappa shape index (κ1) is 25.4. The fourth-order valence-corrected chi connectivity index (χ4v) is 8.74. The Morgan fingerprint density at radius 2 is 1.69 bits per heavy atom. The molecule has 0 aliphatic heterocycles. The number of carbonyl (C=O) groups excluding carboxylic acids is 1. The van der Waals surface area contributed by atoms with Crippen LogP contribution in [0.1, 0.15) is 113 Å². The highest BCUT2D eigenvalue weighted by atomic mass is 19.1. The zero-order valence-corrected chi connectivity index (χ0v) is 24.1. The molecule has 0 unspecified atom stereocenters. The fraction of sp³-hybridized carbons (Fsp3) is 0.667. The Labute approximate surface area is 244 Å². The molecule has 0 radical (unpaired) electrons. The summed E-state index contributed by atoms with van der Waals surface area (Å²) in [5, 5.41) is 8.53. The summed E-state index contributed by atoms with van der Waals surface area (Å²) in [5.74, 6) is 4.24. The van der Waals surface area contributed by atoms with Gasteiger partial charge in [-0.15, -0.1) is 0 Å². The molecule has 8 saturated carbocycles. The second kappa shape index (κ2) is 8.73. The van der Waals surface area contributed by atoms with E-state index in [1.807, 2.05) is 29.2 Å². The number of anilines is 1. The number of amides is 1. The van der Waals surface area contributed by atoms with Crippen molar-refractivity contribution in [3.63, 3.8) is 0 Å². The number of benzene rings is 1. The van der Waals surface area contributed by atoms with Crippen LogP contribution in [0.2, 0.25) is 0 Å². The molecule has 4 bridgehead atoms. The molecule has 2 aromatic heterocycles. The van der Waals surface area contributed by atoms with Crippen molar-refractivity contribution in [1.82, 2.24) is 20.3 Å². The SMILES string of the molecule is O=C(CC12CC(F)(C1)C2)N(CC12CCC(c3nc(CC4CC4)no3)(CC1)CC2)c1cccc(-c2nc(C3CC3)no2)c1. The highest BCUT2D eigenvalue weighted by molar-refractivity contribution is 5.94. The summed E-state index contributed by atoms with van der Waals surface area (Å²) in [4.78, 5) is 25.6. The second-order valence-electron chi connectivity index (χ2n) is 15.1. The smallest absolute Gasteiger partial charge is 0.258 e. The molecule has 0 N–H and O–H groups in total. The van der Waals surface area contributed by atoms with Gasteiger partial charge in [0.05, 0.1) is 0 Å². The van der Waals surface area contributed by atoms with E-state index in [1.54, 1.807) is 0 Å². The van der Waals surface area contributed by atoms with Gasteiger partial charge in [-0.3, -0.25) is 4.79 Å². The average Bonchev–Trinajstić information content (AvgIpc) is 3.89. The van der Waals surface area contributed by atoms with Crippen LogP contribution >= 0.6 is 0 Å². The van der Waals surface area contributed by atoms with Gasteiger partial charge < -0.3 is 13.9 Å². The predicted molar refractivity (Wildman–Crippen MR) is 151 cm³/mol. The Hall–Kier alpha value is -3.10. The van der Waals surface area contributed by atoms with E-state index in [0.717, 1.165) is 92.5 Å². The molecule has 0 spiro atoms. The number of fused-ring (bicyclic) bond motifs is 3. The maximum atomic E-state index is 14.4. The van der Waals surface area contributed by atoms with E-state index in [9.17, 15) is 9.18 Å². The van der Waals surface area contributed by atoms with Gasteiger partial charge in [0, 0.05) is 42.0 Å². The van der Waals surface area contributed by atoms with Crippen molar-refractivity contribution >= 4 is 11.6 Å². The predicted octanol–water partition coefficient (Wildman–Crippen LogP) is 6.86. The number of hydrogen-bond acceptors (Lipinski definition) is 7. The molecule has 42 heavy (non-hydrogen) atoms. The molecule has 0 saturated heterocycles. The van der Waals surface area contributed by atoms with Crippen molar-refractivity contribution in [3.05, 3.63) is 41.8 Å². The molecule has 2 heterocycles. The van der Waals surface area contributed by atoms with E-state index >= 15 is 0 Å². The van der Waals surface area contributed by atoms with E-state index in [2.05, 4.69) is 15.3 Å². The van der Waals surface area contributed by atoms with E-state index < -0.39 is 5.67 Å². The fourth-order valence-electron chi connectivity index (χ4n) is 8.74. The second-order valence-corrected chi connectivity index (χ2v) is 15.1. The van der Waals surface area contributed by atoms with Crippen molar-refractivity contribution in [2.24, 2.45) is 16.7 Å². The monoisotopic (exact) mass is 571 g/mol. The van der Waals surface area contributed by atoms with E-state index in [1.165, 1.54) is 12.8 Å². The normalized spacial score (nSPS) is 34.6. The first-order chi connectivity index (χ1) is 20.3. The van der Waals surface area contributed by atoms with Crippen LogP contribution in [0.25, 0.3) is 11.5 Å². The van der Waals surface area contributed by atoms with Crippen LogP contribution in [-0.2, 0) is 16.6 Å².